The first kappa shape index (κ1) is 17.1. The van der Waals surface area contributed by atoms with Crippen LogP contribution in [0.15, 0.2) is 233 Å². The molecule has 0 saturated carbocycles. The minimum Gasteiger partial charge on any atom is -0.456 e. The average molecular weight is 820 g/mol. The molecule has 3 nitrogen and oxygen atoms in total. The minimum absolute atomic E-state index is 0.0148. The maximum absolute atomic E-state index is 10.5. The number of rotatable bonds is 6. The van der Waals surface area contributed by atoms with Gasteiger partial charge in [-0.1, -0.05) is 175 Å². The summed E-state index contributed by atoms with van der Waals surface area (Å²) in [6.07, 6.45) is 0. The van der Waals surface area contributed by atoms with Gasteiger partial charge in [-0.3, -0.25) is 0 Å². The van der Waals surface area contributed by atoms with Crippen LogP contribution in [0.25, 0.3) is 76.9 Å². The van der Waals surface area contributed by atoms with Crippen LogP contribution in [-0.4, -0.2) is 0 Å². The van der Waals surface area contributed by atoms with Crippen molar-refractivity contribution in [3.05, 3.63) is 246 Å². The molecule has 0 spiro atoms. The fourth-order valence-corrected chi connectivity index (χ4v) is 8.53. The fraction of sp³-hybridized carbons (Fsp3) is 0.0169. The predicted molar refractivity (Wildman–Crippen MR) is 256 cm³/mol. The average Bonchev–Trinajstić information content (AvgIpc) is 1.45. The zero-order chi connectivity index (χ0) is 65.1. The first-order valence-corrected chi connectivity index (χ1v) is 18.9. The molecule has 2 aromatic heterocycles. The first-order valence-electron chi connectivity index (χ1n) is 32.9. The normalized spacial score (nSPS) is 20.8. The Morgan fingerprint density at radius 1 is 0.403 bits per heavy atom. The molecule has 10 aromatic carbocycles. The van der Waals surface area contributed by atoms with E-state index in [0.717, 1.165) is 41.3 Å². The van der Waals surface area contributed by atoms with E-state index in [4.69, 9.17) is 26.7 Å². The van der Waals surface area contributed by atoms with Crippen LogP contribution in [0.1, 0.15) is 60.6 Å². The monoisotopic (exact) mass is 819 g/mol. The van der Waals surface area contributed by atoms with Gasteiger partial charge in [0.15, 0.2) is 5.58 Å². The number of benzene rings is 10. The van der Waals surface area contributed by atoms with Crippen molar-refractivity contribution < 1.29 is 47.2 Å². The van der Waals surface area contributed by atoms with Gasteiger partial charge >= 0.3 is 0 Å². The molecular formula is C59H37NO2. The van der Waals surface area contributed by atoms with Gasteiger partial charge < -0.3 is 13.7 Å². The summed E-state index contributed by atoms with van der Waals surface area (Å²) in [7, 11) is 0. The lowest BCUT2D eigenvalue weighted by Gasteiger charge is -2.34. The Hall–Kier alpha value is -8.14. The maximum Gasteiger partial charge on any atom is 0.159 e. The van der Waals surface area contributed by atoms with E-state index >= 15 is 0 Å². The summed E-state index contributed by atoms with van der Waals surface area (Å²) >= 11 is 0. The lowest BCUT2D eigenvalue weighted by molar-refractivity contribution is 0.669. The van der Waals surface area contributed by atoms with Gasteiger partial charge in [0, 0.05) is 32.6 Å². The Morgan fingerprint density at radius 3 is 2.13 bits per heavy atom. The number of furan rings is 2. The van der Waals surface area contributed by atoms with Crippen molar-refractivity contribution in [1.82, 2.24) is 0 Å². The third kappa shape index (κ3) is 4.94. The van der Waals surface area contributed by atoms with Gasteiger partial charge in [0.25, 0.3) is 0 Å². The largest absolute Gasteiger partial charge is 0.456 e. The number of para-hydroxylation sites is 3. The lowest BCUT2D eigenvalue weighted by atomic mass is 9.67. The Morgan fingerprint density at radius 2 is 1.18 bits per heavy atom. The van der Waals surface area contributed by atoms with Crippen LogP contribution in [0.5, 0.6) is 0 Å². The second kappa shape index (κ2) is 13.4. The molecule has 1 aliphatic rings. The van der Waals surface area contributed by atoms with Gasteiger partial charge in [-0.15, -0.1) is 0 Å². The van der Waals surface area contributed by atoms with Crippen molar-refractivity contribution in [2.24, 2.45) is 0 Å². The molecule has 0 saturated heterocycles. The van der Waals surface area contributed by atoms with Crippen molar-refractivity contribution in [2.75, 3.05) is 4.90 Å². The molecule has 12 aromatic rings. The Bertz CT molecular complexity index is 5360. The maximum atomic E-state index is 10.5. The summed E-state index contributed by atoms with van der Waals surface area (Å²) in [5.41, 5.74) is -10.0. The van der Waals surface area contributed by atoms with Crippen molar-refractivity contribution in [1.29, 1.82) is 0 Å². The van der Waals surface area contributed by atoms with Gasteiger partial charge in [0.05, 0.1) is 55.2 Å². The lowest BCUT2D eigenvalue weighted by Crippen LogP contribution is -2.28. The highest BCUT2D eigenvalue weighted by Gasteiger charge is 2.46. The third-order valence-electron chi connectivity index (χ3n) is 11.1. The summed E-state index contributed by atoms with van der Waals surface area (Å²) in [6.45, 7) is 0. The molecule has 62 heavy (non-hydrogen) atoms. The van der Waals surface area contributed by atoms with E-state index in [1.165, 1.54) is 18.2 Å². The predicted octanol–water partition coefficient (Wildman–Crippen LogP) is 16.1. The smallest absolute Gasteiger partial charge is 0.159 e. The standard InChI is InChI=1S/C59H37NO2/c1-2-17-39(18-3-1)59(51-27-10-6-21-44(51)45-22-7-11-28-52(45)59)40-19-14-16-38(36-40)42-33-34-53(46-23-5-4-20-43(42)46)60(41-32-35-57-50(37-41)48-25-9-12-30-55(48)61-57)54-29-15-26-49-47-24-8-13-31-56(47)62-58(49)54/h1-37H/i1D,2D,3D,4D,5D,6D,7D,8D,9D,10D,12D,14D,16D,17D,18D,20D,21D,22D,24D,26D,27D,29D,30D,31D,33D,34D,35D,36D. The van der Waals surface area contributed by atoms with E-state index in [2.05, 4.69) is 0 Å². The molecule has 1 atom stereocenters. The zero-order valence-electron chi connectivity index (χ0n) is 59.5. The molecule has 0 aliphatic heterocycles. The van der Waals surface area contributed by atoms with Crippen LogP contribution in [-0.2, 0) is 5.41 Å². The third-order valence-corrected chi connectivity index (χ3v) is 11.1. The Kier molecular flexibility index (Phi) is 3.70. The van der Waals surface area contributed by atoms with Gasteiger partial charge in [-0.05, 0) is 98.3 Å². The van der Waals surface area contributed by atoms with Gasteiger partial charge in [0.2, 0.25) is 0 Å². The van der Waals surface area contributed by atoms with Gasteiger partial charge in [0.1, 0.15) is 16.7 Å². The van der Waals surface area contributed by atoms with Crippen LogP contribution in [0.3, 0.4) is 0 Å². The summed E-state index contributed by atoms with van der Waals surface area (Å²) in [5.74, 6) is 0. The van der Waals surface area contributed by atoms with Crippen molar-refractivity contribution >= 4 is 71.7 Å². The number of fused-ring (bicyclic) bond motifs is 10. The highest BCUT2D eigenvalue weighted by Crippen LogP contribution is 2.56. The number of hydrogen-bond donors (Lipinski definition) is 0. The molecule has 0 N–H and O–H groups in total. The summed E-state index contributed by atoms with van der Waals surface area (Å²) in [4.78, 5) is 1.07. The number of nitrogens with zero attached hydrogens (tertiary/aromatic N) is 1. The van der Waals surface area contributed by atoms with E-state index < -0.39 is 236 Å². The number of hydrogen-bond acceptors (Lipinski definition) is 3. The van der Waals surface area contributed by atoms with Crippen molar-refractivity contribution in [2.45, 2.75) is 5.41 Å². The van der Waals surface area contributed by atoms with Gasteiger partial charge in [-0.25, -0.2) is 0 Å². The molecule has 290 valence electrons. The van der Waals surface area contributed by atoms with Gasteiger partial charge in [-0.2, -0.15) is 0 Å². The second-order valence-corrected chi connectivity index (χ2v) is 14.2. The molecule has 1 unspecified atom stereocenters. The first-order chi connectivity index (χ1) is 42.3. The molecule has 0 radical (unpaired) electrons. The highest BCUT2D eigenvalue weighted by molar-refractivity contribution is 6.14. The van der Waals surface area contributed by atoms with Crippen molar-refractivity contribution in [3.8, 4) is 22.3 Å². The molecule has 2 heterocycles. The quantitative estimate of drug-likeness (QED) is 0.167. The van der Waals surface area contributed by atoms with E-state index in [1.807, 2.05) is 0 Å². The molecule has 0 fully saturated rings. The summed E-state index contributed by atoms with van der Waals surface area (Å²) in [5, 5.41) is -1.45. The Labute approximate surface area is 397 Å². The highest BCUT2D eigenvalue weighted by atomic mass is 16.3. The minimum atomic E-state index is -2.80. The molecule has 13 rings (SSSR count). The van der Waals surface area contributed by atoms with E-state index in [0.29, 0.717) is 0 Å². The molecule has 0 amide bonds. The summed E-state index contributed by atoms with van der Waals surface area (Å²) in [6, 6.07) is -11.2. The van der Waals surface area contributed by atoms with Crippen LogP contribution in [0.2, 0.25) is 0 Å². The van der Waals surface area contributed by atoms with Crippen LogP contribution in [0.4, 0.5) is 17.1 Å². The molecule has 1 aliphatic carbocycles. The number of anilines is 3. The van der Waals surface area contributed by atoms with E-state index in [-0.39, 0.29) is 55.1 Å². The zero-order valence-corrected chi connectivity index (χ0v) is 31.5. The van der Waals surface area contributed by atoms with Crippen LogP contribution in [0, 0.1) is 0 Å². The molecular weight excluding hydrogens is 755 g/mol. The molecule has 0 bridgehead atoms. The SMILES string of the molecule is [2H]c1ccc2c(c1[2H])-c1c([2H])c([2H])c([2H])c([2H])c1C2(c1cc([2H])c([2H])c(-c2c([2H])c([2H])c(N(c3cc([2H])c4oc5c([2H])c([2H])c([2H])cc5c4c3)c3c([2H])cc([2H])c4c3oc3c([2H])cc([2H])c([2H])c34)c3cc([2H])c([2H])c([2H])c23)c1[2H])c1c([2H])c([2H])c([2H])c([2H])c1[2H]. The van der Waals surface area contributed by atoms with Crippen LogP contribution >= 0.6 is 0 Å². The fourth-order valence-electron chi connectivity index (χ4n) is 8.53. The van der Waals surface area contributed by atoms with E-state index in [1.54, 1.807) is 0 Å². The Balaban J connectivity index is 1.23. The molecule has 3 heteroatoms. The second-order valence-electron chi connectivity index (χ2n) is 14.2. The van der Waals surface area contributed by atoms with E-state index in [9.17, 15) is 20.6 Å². The summed E-state index contributed by atoms with van der Waals surface area (Å²) < 4.78 is 272. The topological polar surface area (TPSA) is 29.5 Å². The van der Waals surface area contributed by atoms with Crippen molar-refractivity contribution in [3.63, 3.8) is 0 Å². The van der Waals surface area contributed by atoms with Crippen LogP contribution < -0.4 is 4.90 Å².